The first-order valence-electron chi connectivity index (χ1n) is 5.84. The molecule has 2 nitrogen and oxygen atoms in total. The van der Waals surface area contributed by atoms with Crippen LogP contribution >= 0.6 is 34.2 Å². The van der Waals surface area contributed by atoms with Gasteiger partial charge in [-0.1, -0.05) is 41.9 Å². The zero-order valence-electron chi connectivity index (χ0n) is 10.1. The second-order valence-electron chi connectivity index (χ2n) is 4.09. The van der Waals surface area contributed by atoms with E-state index in [0.717, 1.165) is 14.8 Å². The van der Waals surface area contributed by atoms with Crippen LogP contribution < -0.4 is 5.32 Å². The van der Waals surface area contributed by atoms with Gasteiger partial charge in [0.1, 0.15) is 0 Å². The van der Waals surface area contributed by atoms with E-state index in [9.17, 15) is 0 Å². The van der Waals surface area contributed by atoms with Crippen LogP contribution in [-0.2, 0) is 0 Å². The molecule has 2 aromatic carbocycles. The van der Waals surface area contributed by atoms with Crippen molar-refractivity contribution in [3.63, 3.8) is 0 Å². The van der Waals surface area contributed by atoms with Gasteiger partial charge in [0.2, 0.25) is 0 Å². The molecule has 0 aliphatic carbocycles. The van der Waals surface area contributed by atoms with Crippen LogP contribution in [-0.4, -0.2) is 0 Å². The third kappa shape index (κ3) is 3.85. The van der Waals surface area contributed by atoms with Gasteiger partial charge in [0.25, 0.3) is 0 Å². The van der Waals surface area contributed by atoms with Gasteiger partial charge in [0.15, 0.2) is 0 Å². The molecule has 0 aromatic heterocycles. The molecule has 0 heterocycles. The van der Waals surface area contributed by atoms with Crippen LogP contribution in [0.5, 0.6) is 0 Å². The fourth-order valence-corrected chi connectivity index (χ4v) is 2.85. The summed E-state index contributed by atoms with van der Waals surface area (Å²) in [6.07, 6.45) is 0.419. The molecule has 1 N–H and O–H groups in total. The van der Waals surface area contributed by atoms with Crippen molar-refractivity contribution in [1.82, 2.24) is 0 Å². The first kappa shape index (κ1) is 14.2. The highest BCUT2D eigenvalue weighted by atomic mass is 127. The molecule has 0 saturated carbocycles. The molecule has 4 heteroatoms. The monoisotopic (exact) mass is 382 g/mol. The normalized spacial score (nSPS) is 11.6. The fourth-order valence-electron chi connectivity index (χ4n) is 1.82. The Morgan fingerprint density at radius 1 is 1.21 bits per heavy atom. The lowest BCUT2D eigenvalue weighted by Crippen LogP contribution is -2.10. The largest absolute Gasteiger partial charge is 0.376 e. The summed E-state index contributed by atoms with van der Waals surface area (Å²) in [6.45, 7) is 0. The molecular weight excluding hydrogens is 371 g/mol. The highest BCUT2D eigenvalue weighted by Crippen LogP contribution is 2.27. The number of benzene rings is 2. The van der Waals surface area contributed by atoms with E-state index in [0.29, 0.717) is 11.4 Å². The van der Waals surface area contributed by atoms with Crippen LogP contribution in [0.3, 0.4) is 0 Å². The van der Waals surface area contributed by atoms with Crippen LogP contribution in [0.2, 0.25) is 5.02 Å². The average molecular weight is 383 g/mol. The van der Waals surface area contributed by atoms with Gasteiger partial charge in [0, 0.05) is 14.3 Å². The number of nitriles is 1. The van der Waals surface area contributed by atoms with E-state index in [1.54, 1.807) is 0 Å². The lowest BCUT2D eigenvalue weighted by molar-refractivity contribution is 0.805. The van der Waals surface area contributed by atoms with E-state index in [4.69, 9.17) is 16.9 Å². The summed E-state index contributed by atoms with van der Waals surface area (Å²) >= 11 is 8.18. The number of halogens is 2. The molecule has 19 heavy (non-hydrogen) atoms. The van der Waals surface area contributed by atoms with Crippen molar-refractivity contribution in [1.29, 1.82) is 5.26 Å². The topological polar surface area (TPSA) is 35.8 Å². The molecule has 0 fully saturated rings. The molecule has 0 saturated heterocycles. The van der Waals surface area contributed by atoms with Gasteiger partial charge in [-0.3, -0.25) is 0 Å². The first-order valence-corrected chi connectivity index (χ1v) is 7.30. The molecular formula is C15H12ClIN2. The molecule has 1 unspecified atom stereocenters. The number of hydrogen-bond acceptors (Lipinski definition) is 2. The molecule has 1 atom stereocenters. The maximum absolute atomic E-state index is 8.98. The molecule has 2 rings (SSSR count). The van der Waals surface area contributed by atoms with Crippen molar-refractivity contribution in [2.75, 3.05) is 5.32 Å². The molecule has 0 aliphatic rings. The SMILES string of the molecule is N#CCC(Nc1ccc(Cl)cc1I)c1ccccc1. The minimum atomic E-state index is -0.0131. The Morgan fingerprint density at radius 3 is 2.58 bits per heavy atom. The Hall–Kier alpha value is -1.25. The Balaban J connectivity index is 2.24. The summed E-state index contributed by atoms with van der Waals surface area (Å²) in [5.41, 5.74) is 2.10. The minimum Gasteiger partial charge on any atom is -0.376 e. The molecule has 0 aliphatic heterocycles. The van der Waals surface area contributed by atoms with Crippen molar-refractivity contribution in [3.05, 3.63) is 62.7 Å². The Kier molecular flexibility index (Phi) is 5.06. The zero-order valence-corrected chi connectivity index (χ0v) is 13.0. The van der Waals surface area contributed by atoms with Gasteiger partial charge in [0.05, 0.1) is 18.5 Å². The third-order valence-electron chi connectivity index (χ3n) is 2.76. The van der Waals surface area contributed by atoms with E-state index in [1.807, 2.05) is 48.5 Å². The van der Waals surface area contributed by atoms with E-state index < -0.39 is 0 Å². The zero-order chi connectivity index (χ0) is 13.7. The number of nitrogens with one attached hydrogen (secondary N) is 1. The predicted octanol–water partition coefficient (Wildman–Crippen LogP) is 5.01. The Morgan fingerprint density at radius 2 is 1.95 bits per heavy atom. The molecule has 0 amide bonds. The van der Waals surface area contributed by atoms with Crippen LogP contribution in [0.25, 0.3) is 0 Å². The highest BCUT2D eigenvalue weighted by Gasteiger charge is 2.12. The molecule has 2 aromatic rings. The van der Waals surface area contributed by atoms with Crippen molar-refractivity contribution in [2.45, 2.75) is 12.5 Å². The van der Waals surface area contributed by atoms with Gasteiger partial charge >= 0.3 is 0 Å². The van der Waals surface area contributed by atoms with Crippen molar-refractivity contribution < 1.29 is 0 Å². The number of anilines is 1. The van der Waals surface area contributed by atoms with Crippen LogP contribution in [0.1, 0.15) is 18.0 Å². The predicted molar refractivity (Wildman–Crippen MR) is 87.2 cm³/mol. The van der Waals surface area contributed by atoms with E-state index in [2.05, 4.69) is 34.0 Å². The maximum Gasteiger partial charge on any atom is 0.0647 e. The molecule has 96 valence electrons. The summed E-state index contributed by atoms with van der Waals surface area (Å²) in [7, 11) is 0. The quantitative estimate of drug-likeness (QED) is 0.754. The summed E-state index contributed by atoms with van der Waals surface area (Å²) in [6, 6.07) is 17.9. The number of nitrogens with zero attached hydrogens (tertiary/aromatic N) is 1. The molecule has 0 radical (unpaired) electrons. The standard InChI is InChI=1S/C15H12ClIN2/c16-12-6-7-15(13(17)10-12)19-14(8-9-18)11-4-2-1-3-5-11/h1-7,10,14,19H,8H2. The first-order chi connectivity index (χ1) is 9.20. The second kappa shape index (κ2) is 6.78. The van der Waals surface area contributed by atoms with E-state index >= 15 is 0 Å². The van der Waals surface area contributed by atoms with E-state index in [1.165, 1.54) is 0 Å². The van der Waals surface area contributed by atoms with Crippen LogP contribution in [0.4, 0.5) is 5.69 Å². The van der Waals surface area contributed by atoms with Crippen LogP contribution in [0, 0.1) is 14.9 Å². The van der Waals surface area contributed by atoms with Gasteiger partial charge in [-0.2, -0.15) is 5.26 Å². The maximum atomic E-state index is 8.98. The second-order valence-corrected chi connectivity index (χ2v) is 5.69. The van der Waals surface area contributed by atoms with Crippen molar-refractivity contribution in [3.8, 4) is 6.07 Å². The summed E-state index contributed by atoms with van der Waals surface area (Å²) < 4.78 is 1.05. The van der Waals surface area contributed by atoms with Crippen LogP contribution in [0.15, 0.2) is 48.5 Å². The van der Waals surface area contributed by atoms with Crippen molar-refractivity contribution in [2.24, 2.45) is 0 Å². The fraction of sp³-hybridized carbons (Fsp3) is 0.133. The molecule has 0 bridgehead atoms. The van der Waals surface area contributed by atoms with Gasteiger partial charge in [-0.25, -0.2) is 0 Å². The lowest BCUT2D eigenvalue weighted by atomic mass is 10.0. The van der Waals surface area contributed by atoms with Gasteiger partial charge in [-0.05, 0) is 46.4 Å². The third-order valence-corrected chi connectivity index (χ3v) is 3.89. The lowest BCUT2D eigenvalue weighted by Gasteiger charge is -2.18. The summed E-state index contributed by atoms with van der Waals surface area (Å²) in [4.78, 5) is 0. The summed E-state index contributed by atoms with van der Waals surface area (Å²) in [5, 5.41) is 13.1. The number of hydrogen-bond donors (Lipinski definition) is 1. The van der Waals surface area contributed by atoms with Gasteiger partial charge < -0.3 is 5.32 Å². The summed E-state index contributed by atoms with van der Waals surface area (Å²) in [5.74, 6) is 0. The van der Waals surface area contributed by atoms with E-state index in [-0.39, 0.29) is 6.04 Å². The van der Waals surface area contributed by atoms with Crippen molar-refractivity contribution >= 4 is 39.9 Å². The molecule has 0 spiro atoms. The smallest absolute Gasteiger partial charge is 0.0647 e. The number of rotatable bonds is 4. The van der Waals surface area contributed by atoms with Gasteiger partial charge in [-0.15, -0.1) is 0 Å². The minimum absolute atomic E-state index is 0.0131. The average Bonchev–Trinajstić information content (AvgIpc) is 2.42. The highest BCUT2D eigenvalue weighted by molar-refractivity contribution is 14.1. The Labute approximate surface area is 131 Å². The Bertz CT molecular complexity index is 593.